The maximum absolute atomic E-state index is 11.5. The molecule has 6 N–H and O–H groups in total. The Bertz CT molecular complexity index is 411. The molecule has 7 heteroatoms. The largest absolute Gasteiger partial charge is 0.507 e. The van der Waals surface area contributed by atoms with Crippen molar-refractivity contribution >= 4 is 11.7 Å². The summed E-state index contributed by atoms with van der Waals surface area (Å²) in [6.45, 7) is -0.191. The van der Waals surface area contributed by atoms with Gasteiger partial charge in [0.05, 0.1) is 6.54 Å². The van der Waals surface area contributed by atoms with E-state index in [2.05, 4.69) is 10.5 Å². The van der Waals surface area contributed by atoms with Crippen LogP contribution in [-0.4, -0.2) is 33.7 Å². The van der Waals surface area contributed by atoms with E-state index in [1.807, 2.05) is 0 Å². The molecule has 0 radical (unpaired) electrons. The van der Waals surface area contributed by atoms with E-state index in [9.17, 15) is 15.0 Å². The van der Waals surface area contributed by atoms with Crippen LogP contribution in [0.5, 0.6) is 11.5 Å². The maximum Gasteiger partial charge on any atom is 0.259 e. The number of aromatic hydroxyl groups is 2. The van der Waals surface area contributed by atoms with Gasteiger partial charge in [0.15, 0.2) is 5.84 Å². The molecule has 7 nitrogen and oxygen atoms in total. The lowest BCUT2D eigenvalue weighted by atomic mass is 10.1. The molecular weight excluding hydrogens is 214 g/mol. The van der Waals surface area contributed by atoms with Gasteiger partial charge in [-0.05, 0) is 12.1 Å². The van der Waals surface area contributed by atoms with Crippen molar-refractivity contribution in [1.29, 1.82) is 0 Å². The zero-order valence-electron chi connectivity index (χ0n) is 8.21. The summed E-state index contributed by atoms with van der Waals surface area (Å²) in [6, 6.07) is 3.92. The van der Waals surface area contributed by atoms with Gasteiger partial charge in [0.1, 0.15) is 17.1 Å². The van der Waals surface area contributed by atoms with E-state index < -0.39 is 5.91 Å². The molecule has 0 atom stereocenters. The molecule has 1 aromatic carbocycles. The van der Waals surface area contributed by atoms with Crippen molar-refractivity contribution in [3.8, 4) is 11.5 Å². The van der Waals surface area contributed by atoms with Crippen molar-refractivity contribution in [2.24, 2.45) is 10.9 Å². The van der Waals surface area contributed by atoms with Crippen LogP contribution in [0, 0.1) is 0 Å². The molecule has 0 aliphatic heterocycles. The molecule has 0 saturated carbocycles. The highest BCUT2D eigenvalue weighted by Crippen LogP contribution is 2.25. The topological polar surface area (TPSA) is 128 Å². The lowest BCUT2D eigenvalue weighted by molar-refractivity contribution is 0.0953. The van der Waals surface area contributed by atoms with Crippen LogP contribution in [0.4, 0.5) is 0 Å². The first-order valence-corrected chi connectivity index (χ1v) is 4.31. The second-order valence-electron chi connectivity index (χ2n) is 2.95. The predicted octanol–water partition coefficient (Wildman–Crippen LogP) is -0.426. The second-order valence-corrected chi connectivity index (χ2v) is 2.95. The van der Waals surface area contributed by atoms with Gasteiger partial charge in [0, 0.05) is 0 Å². The van der Waals surface area contributed by atoms with Crippen LogP contribution in [0.1, 0.15) is 10.4 Å². The summed E-state index contributed by atoms with van der Waals surface area (Å²) in [7, 11) is 0. The number of phenols is 2. The molecule has 0 aromatic heterocycles. The molecule has 16 heavy (non-hydrogen) atoms. The number of carbonyl (C=O) groups is 1. The van der Waals surface area contributed by atoms with Crippen LogP contribution in [0.25, 0.3) is 0 Å². The Labute approximate surface area is 90.8 Å². The van der Waals surface area contributed by atoms with E-state index in [0.717, 1.165) is 0 Å². The number of hydrogen-bond acceptors (Lipinski definition) is 5. The average Bonchev–Trinajstić information content (AvgIpc) is 2.25. The third-order valence-corrected chi connectivity index (χ3v) is 1.81. The van der Waals surface area contributed by atoms with E-state index in [1.54, 1.807) is 0 Å². The van der Waals surface area contributed by atoms with Crippen molar-refractivity contribution in [3.05, 3.63) is 23.8 Å². The first-order chi connectivity index (χ1) is 7.56. The number of oxime groups is 1. The second kappa shape index (κ2) is 4.87. The van der Waals surface area contributed by atoms with Crippen molar-refractivity contribution in [2.75, 3.05) is 6.54 Å². The Balaban J connectivity index is 2.81. The fourth-order valence-corrected chi connectivity index (χ4v) is 1.06. The minimum atomic E-state index is -0.720. The van der Waals surface area contributed by atoms with Gasteiger partial charge in [0.25, 0.3) is 5.91 Å². The normalized spacial score (nSPS) is 11.1. The minimum absolute atomic E-state index is 0.191. The van der Waals surface area contributed by atoms with Crippen molar-refractivity contribution in [1.82, 2.24) is 5.32 Å². The zero-order chi connectivity index (χ0) is 12.1. The third kappa shape index (κ3) is 2.53. The van der Waals surface area contributed by atoms with Crippen molar-refractivity contribution in [3.63, 3.8) is 0 Å². The number of carbonyl (C=O) groups excluding carboxylic acids is 1. The molecule has 0 unspecified atom stereocenters. The molecule has 0 aliphatic rings. The Morgan fingerprint density at radius 3 is 2.44 bits per heavy atom. The number of nitrogens with two attached hydrogens (primary N) is 1. The van der Waals surface area contributed by atoms with E-state index >= 15 is 0 Å². The van der Waals surface area contributed by atoms with Crippen LogP contribution in [0.15, 0.2) is 23.4 Å². The molecule has 0 aliphatic carbocycles. The highest BCUT2D eigenvalue weighted by atomic mass is 16.4. The van der Waals surface area contributed by atoms with Crippen LogP contribution >= 0.6 is 0 Å². The van der Waals surface area contributed by atoms with Gasteiger partial charge < -0.3 is 26.5 Å². The maximum atomic E-state index is 11.5. The number of rotatable bonds is 3. The number of benzene rings is 1. The highest BCUT2D eigenvalue weighted by Gasteiger charge is 2.15. The fourth-order valence-electron chi connectivity index (χ4n) is 1.06. The third-order valence-electron chi connectivity index (χ3n) is 1.81. The Hall–Kier alpha value is -2.44. The van der Waals surface area contributed by atoms with Crippen molar-refractivity contribution in [2.45, 2.75) is 0 Å². The number of phenolic OH excluding ortho intramolecular Hbond substituents is 2. The minimum Gasteiger partial charge on any atom is -0.507 e. The van der Waals surface area contributed by atoms with Gasteiger partial charge in [-0.2, -0.15) is 0 Å². The number of nitrogens with zero attached hydrogens (tertiary/aromatic N) is 1. The molecule has 1 amide bonds. The highest BCUT2D eigenvalue weighted by molar-refractivity contribution is 6.01. The molecule has 0 saturated heterocycles. The van der Waals surface area contributed by atoms with Gasteiger partial charge >= 0.3 is 0 Å². The average molecular weight is 225 g/mol. The number of amides is 1. The fraction of sp³-hybridized carbons (Fsp3) is 0.111. The monoisotopic (exact) mass is 225 g/mol. The predicted molar refractivity (Wildman–Crippen MR) is 55.5 cm³/mol. The summed E-state index contributed by atoms with van der Waals surface area (Å²) in [5.74, 6) is -1.61. The number of hydrogen-bond donors (Lipinski definition) is 5. The number of nitrogens with one attached hydrogen (secondary N) is 1. The lowest BCUT2D eigenvalue weighted by Gasteiger charge is -2.07. The van der Waals surface area contributed by atoms with Crippen LogP contribution < -0.4 is 11.1 Å². The molecule has 0 fully saturated rings. The Morgan fingerprint density at radius 1 is 1.38 bits per heavy atom. The first-order valence-electron chi connectivity index (χ1n) is 4.31. The molecule has 0 heterocycles. The molecule has 0 bridgehead atoms. The van der Waals surface area contributed by atoms with E-state index in [4.69, 9.17) is 10.9 Å². The van der Waals surface area contributed by atoms with Crippen LogP contribution in [-0.2, 0) is 0 Å². The Morgan fingerprint density at radius 2 is 1.94 bits per heavy atom. The summed E-state index contributed by atoms with van der Waals surface area (Å²) >= 11 is 0. The van der Waals surface area contributed by atoms with Crippen LogP contribution in [0.3, 0.4) is 0 Å². The molecule has 1 aromatic rings. The molecule has 86 valence electrons. The van der Waals surface area contributed by atoms with Crippen molar-refractivity contribution < 1.29 is 20.2 Å². The Kier molecular flexibility index (Phi) is 3.54. The summed E-state index contributed by atoms with van der Waals surface area (Å²) in [5, 5.41) is 31.9. The summed E-state index contributed by atoms with van der Waals surface area (Å²) in [6.07, 6.45) is 0. The van der Waals surface area contributed by atoms with Gasteiger partial charge in [-0.15, -0.1) is 0 Å². The van der Waals surface area contributed by atoms with Gasteiger partial charge in [-0.1, -0.05) is 11.2 Å². The molecule has 0 spiro atoms. The van der Waals surface area contributed by atoms with Gasteiger partial charge in [-0.3, -0.25) is 4.79 Å². The summed E-state index contributed by atoms with van der Waals surface area (Å²) in [4.78, 5) is 11.5. The molecular formula is C9H11N3O4. The quantitative estimate of drug-likeness (QED) is 0.206. The SMILES string of the molecule is N/C(CNC(=O)c1c(O)cccc1O)=N/O. The summed E-state index contributed by atoms with van der Waals surface area (Å²) < 4.78 is 0. The van der Waals surface area contributed by atoms with E-state index in [-0.39, 0.29) is 29.4 Å². The zero-order valence-corrected chi connectivity index (χ0v) is 8.21. The molecule has 1 rings (SSSR count). The standard InChI is InChI=1S/C9H11N3O4/c10-7(12-16)4-11-9(15)8-5(13)2-1-3-6(8)14/h1-3,13-14,16H,4H2,(H2,10,12)(H,11,15). The van der Waals surface area contributed by atoms with Crippen LogP contribution in [0.2, 0.25) is 0 Å². The summed E-state index contributed by atoms with van der Waals surface area (Å²) in [5.41, 5.74) is 4.88. The lowest BCUT2D eigenvalue weighted by Crippen LogP contribution is -2.33. The first kappa shape index (κ1) is 11.6. The smallest absolute Gasteiger partial charge is 0.259 e. The van der Waals surface area contributed by atoms with E-state index in [1.165, 1.54) is 18.2 Å². The number of amidine groups is 1. The van der Waals surface area contributed by atoms with Gasteiger partial charge in [-0.25, -0.2) is 0 Å². The van der Waals surface area contributed by atoms with E-state index in [0.29, 0.717) is 0 Å². The van der Waals surface area contributed by atoms with Gasteiger partial charge in [0.2, 0.25) is 0 Å².